The molecule has 0 aromatic heterocycles. The lowest BCUT2D eigenvalue weighted by Gasteiger charge is -2.25. The van der Waals surface area contributed by atoms with Gasteiger partial charge in [0.1, 0.15) is 0 Å². The van der Waals surface area contributed by atoms with Gasteiger partial charge in [-0.1, -0.05) is 30.5 Å². The predicted octanol–water partition coefficient (Wildman–Crippen LogP) is 3.79. The number of anilines is 1. The molecule has 74 valence electrons. The zero-order chi connectivity index (χ0) is 9.54. The van der Waals surface area contributed by atoms with Gasteiger partial charge < -0.3 is 5.32 Å². The topological polar surface area (TPSA) is 12.0 Å². The third kappa shape index (κ3) is 1.15. The fraction of sp³-hybridized carbons (Fsp3) is 0.500. The summed E-state index contributed by atoms with van der Waals surface area (Å²) in [6, 6.07) is 6.85. The number of halogens is 1. The van der Waals surface area contributed by atoms with E-state index in [2.05, 4.69) is 11.4 Å². The van der Waals surface area contributed by atoms with Crippen molar-refractivity contribution in [3.8, 4) is 0 Å². The van der Waals surface area contributed by atoms with Crippen molar-refractivity contribution in [2.75, 3.05) is 5.32 Å². The van der Waals surface area contributed by atoms with E-state index in [-0.39, 0.29) is 0 Å². The smallest absolute Gasteiger partial charge is 0.0462 e. The minimum absolute atomic E-state index is 0.652. The Balaban J connectivity index is 2.06. The Morgan fingerprint density at radius 1 is 1.21 bits per heavy atom. The lowest BCUT2D eigenvalue weighted by molar-refractivity contribution is 0.422. The molecule has 1 fully saturated rings. The molecule has 1 aliphatic carbocycles. The molecule has 1 N–H and O–H groups in total. The summed E-state index contributed by atoms with van der Waals surface area (Å²) in [5, 5.41) is 4.54. The van der Waals surface area contributed by atoms with Crippen molar-refractivity contribution in [1.29, 1.82) is 0 Å². The van der Waals surface area contributed by atoms with Crippen molar-refractivity contribution in [3.05, 3.63) is 28.8 Å². The third-order valence-electron chi connectivity index (χ3n) is 3.53. The van der Waals surface area contributed by atoms with Gasteiger partial charge in [0.2, 0.25) is 0 Å². The van der Waals surface area contributed by atoms with E-state index in [1.165, 1.54) is 36.9 Å². The van der Waals surface area contributed by atoms with Crippen LogP contribution in [0.3, 0.4) is 0 Å². The van der Waals surface area contributed by atoms with E-state index in [4.69, 9.17) is 11.6 Å². The molecule has 1 aliphatic heterocycles. The summed E-state index contributed by atoms with van der Waals surface area (Å²) in [7, 11) is 0. The summed E-state index contributed by atoms with van der Waals surface area (Å²) < 4.78 is 0. The van der Waals surface area contributed by atoms with Crippen molar-refractivity contribution in [3.63, 3.8) is 0 Å². The van der Waals surface area contributed by atoms with Gasteiger partial charge in [0.15, 0.2) is 0 Å². The molecular formula is C12H14ClN. The van der Waals surface area contributed by atoms with Crippen molar-refractivity contribution in [2.24, 2.45) is 0 Å². The van der Waals surface area contributed by atoms with Crippen molar-refractivity contribution < 1.29 is 0 Å². The minimum Gasteiger partial charge on any atom is -0.381 e. The molecule has 14 heavy (non-hydrogen) atoms. The standard InChI is InChI=1S/C12H14ClN/c13-9-5-3-7-11-12(9)8-4-1-2-6-10(8)14-11/h3,5,7-8,10,14H,1-2,4,6H2. The van der Waals surface area contributed by atoms with Gasteiger partial charge in [-0.05, 0) is 30.5 Å². The molecule has 1 saturated carbocycles. The molecule has 0 radical (unpaired) electrons. The first-order valence-electron chi connectivity index (χ1n) is 5.41. The molecule has 1 aromatic carbocycles. The lowest BCUT2D eigenvalue weighted by atomic mass is 9.83. The number of hydrogen-bond acceptors (Lipinski definition) is 1. The zero-order valence-electron chi connectivity index (χ0n) is 8.09. The average Bonchev–Trinajstić information content (AvgIpc) is 2.57. The van der Waals surface area contributed by atoms with Gasteiger partial charge in [0.25, 0.3) is 0 Å². The van der Waals surface area contributed by atoms with Crippen LogP contribution in [0.25, 0.3) is 0 Å². The second kappa shape index (κ2) is 3.16. The molecular weight excluding hydrogens is 194 g/mol. The van der Waals surface area contributed by atoms with E-state index in [0.29, 0.717) is 12.0 Å². The van der Waals surface area contributed by atoms with Gasteiger partial charge in [0, 0.05) is 22.7 Å². The number of nitrogens with one attached hydrogen (secondary N) is 1. The lowest BCUT2D eigenvalue weighted by Crippen LogP contribution is -2.23. The van der Waals surface area contributed by atoms with Gasteiger partial charge in [-0.25, -0.2) is 0 Å². The van der Waals surface area contributed by atoms with Crippen molar-refractivity contribution >= 4 is 17.3 Å². The molecule has 2 atom stereocenters. The Morgan fingerprint density at radius 2 is 2.07 bits per heavy atom. The molecule has 1 heterocycles. The second-order valence-corrected chi connectivity index (χ2v) is 4.75. The van der Waals surface area contributed by atoms with E-state index in [9.17, 15) is 0 Å². The molecule has 1 aromatic rings. The Bertz CT molecular complexity index is 361. The average molecular weight is 208 g/mol. The van der Waals surface area contributed by atoms with Gasteiger partial charge >= 0.3 is 0 Å². The normalized spacial score (nSPS) is 29.2. The van der Waals surface area contributed by atoms with E-state index in [1.54, 1.807) is 0 Å². The number of hydrogen-bond donors (Lipinski definition) is 1. The van der Waals surface area contributed by atoms with Crippen LogP contribution >= 0.6 is 11.6 Å². The number of benzene rings is 1. The van der Waals surface area contributed by atoms with Gasteiger partial charge in [-0.2, -0.15) is 0 Å². The van der Waals surface area contributed by atoms with E-state index in [1.807, 2.05) is 12.1 Å². The van der Waals surface area contributed by atoms with Crippen LogP contribution in [0.15, 0.2) is 18.2 Å². The quantitative estimate of drug-likeness (QED) is 0.683. The molecule has 2 unspecified atom stereocenters. The largest absolute Gasteiger partial charge is 0.381 e. The molecule has 0 spiro atoms. The summed E-state index contributed by atoms with van der Waals surface area (Å²) in [6.45, 7) is 0. The Kier molecular flexibility index (Phi) is 1.94. The molecule has 0 bridgehead atoms. The fourth-order valence-electron chi connectivity index (χ4n) is 2.89. The summed E-state index contributed by atoms with van der Waals surface area (Å²) in [6.07, 6.45) is 5.32. The first kappa shape index (κ1) is 8.60. The van der Waals surface area contributed by atoms with E-state index in [0.717, 1.165) is 5.02 Å². The summed E-state index contributed by atoms with van der Waals surface area (Å²) in [5.74, 6) is 0.674. The van der Waals surface area contributed by atoms with Crippen molar-refractivity contribution in [1.82, 2.24) is 0 Å². The highest BCUT2D eigenvalue weighted by Gasteiger charge is 2.34. The number of rotatable bonds is 0. The first-order chi connectivity index (χ1) is 6.86. The highest BCUT2D eigenvalue weighted by Crippen LogP contribution is 2.46. The van der Waals surface area contributed by atoms with Gasteiger partial charge in [0.05, 0.1) is 0 Å². The predicted molar refractivity (Wildman–Crippen MR) is 60.1 cm³/mol. The molecule has 2 aliphatic rings. The van der Waals surface area contributed by atoms with Crippen LogP contribution in [0.4, 0.5) is 5.69 Å². The van der Waals surface area contributed by atoms with Crippen LogP contribution in [0.1, 0.15) is 37.2 Å². The monoisotopic (exact) mass is 207 g/mol. The maximum atomic E-state index is 6.25. The van der Waals surface area contributed by atoms with E-state index >= 15 is 0 Å². The number of fused-ring (bicyclic) bond motifs is 3. The minimum atomic E-state index is 0.652. The summed E-state index contributed by atoms with van der Waals surface area (Å²) in [5.41, 5.74) is 2.65. The molecule has 0 amide bonds. The van der Waals surface area contributed by atoms with Crippen LogP contribution in [-0.4, -0.2) is 6.04 Å². The Hall–Kier alpha value is -0.690. The zero-order valence-corrected chi connectivity index (χ0v) is 8.85. The third-order valence-corrected chi connectivity index (χ3v) is 3.86. The van der Waals surface area contributed by atoms with E-state index < -0.39 is 0 Å². The van der Waals surface area contributed by atoms with Crippen LogP contribution in [0.5, 0.6) is 0 Å². The maximum Gasteiger partial charge on any atom is 0.0462 e. The summed E-state index contributed by atoms with van der Waals surface area (Å²) >= 11 is 6.25. The van der Waals surface area contributed by atoms with Crippen LogP contribution < -0.4 is 5.32 Å². The molecule has 0 saturated heterocycles. The van der Waals surface area contributed by atoms with Crippen LogP contribution in [0, 0.1) is 0 Å². The maximum absolute atomic E-state index is 6.25. The fourth-order valence-corrected chi connectivity index (χ4v) is 3.20. The SMILES string of the molecule is Clc1cccc2c1C1CCCCC1N2. The Labute approximate surface area is 89.5 Å². The van der Waals surface area contributed by atoms with Gasteiger partial charge in [-0.3, -0.25) is 0 Å². The van der Waals surface area contributed by atoms with Crippen molar-refractivity contribution in [2.45, 2.75) is 37.6 Å². The van der Waals surface area contributed by atoms with Crippen LogP contribution in [-0.2, 0) is 0 Å². The second-order valence-electron chi connectivity index (χ2n) is 4.34. The highest BCUT2D eigenvalue weighted by molar-refractivity contribution is 6.32. The Morgan fingerprint density at radius 3 is 3.00 bits per heavy atom. The van der Waals surface area contributed by atoms with Crippen LogP contribution in [0.2, 0.25) is 5.02 Å². The van der Waals surface area contributed by atoms with Gasteiger partial charge in [-0.15, -0.1) is 0 Å². The summed E-state index contributed by atoms with van der Waals surface area (Å²) in [4.78, 5) is 0. The first-order valence-corrected chi connectivity index (χ1v) is 5.79. The molecule has 2 heteroatoms. The molecule has 1 nitrogen and oxygen atoms in total. The molecule has 3 rings (SSSR count). The highest BCUT2D eigenvalue weighted by atomic mass is 35.5.